The van der Waals surface area contributed by atoms with E-state index in [4.69, 9.17) is 33.5 Å². The molecule has 4 bridgehead atoms. The van der Waals surface area contributed by atoms with E-state index in [9.17, 15) is 29.4 Å². The maximum absolute atomic E-state index is 14.5. The van der Waals surface area contributed by atoms with Gasteiger partial charge in [-0.2, -0.15) is 0 Å². The average molecular weight is 891 g/mol. The molecule has 2 amide bonds. The second-order valence-corrected chi connectivity index (χ2v) is 18.7. The van der Waals surface area contributed by atoms with Crippen LogP contribution < -0.4 is 5.32 Å². The summed E-state index contributed by atoms with van der Waals surface area (Å²) in [4.78, 5) is 68.7. The highest BCUT2D eigenvalue weighted by Crippen LogP contribution is 2.40. The average Bonchev–Trinajstić information content (AvgIpc) is 3.29. The number of aliphatic hydroxyl groups is 2. The number of nitrogens with zero attached hydrogens (tertiary/aromatic N) is 3. The Morgan fingerprint density at radius 3 is 2.31 bits per heavy atom. The van der Waals surface area contributed by atoms with Crippen LogP contribution in [0, 0.1) is 23.7 Å². The highest BCUT2D eigenvalue weighted by molar-refractivity contribution is 6.04. The summed E-state index contributed by atoms with van der Waals surface area (Å²) >= 11 is 0. The molecule has 4 aliphatic heterocycles. The van der Waals surface area contributed by atoms with Gasteiger partial charge in [0.15, 0.2) is 12.1 Å². The molecule has 16 nitrogen and oxygen atoms in total. The first kappa shape index (κ1) is 49.0. The molecule has 4 heterocycles. The van der Waals surface area contributed by atoms with Crippen molar-refractivity contribution in [1.82, 2.24) is 4.90 Å². The molecule has 14 atom stereocenters. The fourth-order valence-electron chi connectivity index (χ4n) is 9.66. The van der Waals surface area contributed by atoms with Crippen LogP contribution >= 0.6 is 0 Å². The largest absolute Gasteiger partial charge is 0.459 e. The van der Waals surface area contributed by atoms with E-state index in [2.05, 4.69) is 10.5 Å². The zero-order valence-corrected chi connectivity index (χ0v) is 38.7. The molecule has 3 N–H and O–H groups in total. The van der Waals surface area contributed by atoms with E-state index in [1.165, 1.54) is 13.8 Å². The number of anilines is 1. The van der Waals surface area contributed by atoms with Crippen LogP contribution in [-0.4, -0.2) is 138 Å². The van der Waals surface area contributed by atoms with Crippen LogP contribution in [0.5, 0.6) is 0 Å². The number of benzene rings is 2. The third-order valence-corrected chi connectivity index (χ3v) is 13.3. The quantitative estimate of drug-likeness (QED) is 0.242. The van der Waals surface area contributed by atoms with Gasteiger partial charge >= 0.3 is 5.97 Å². The van der Waals surface area contributed by atoms with Crippen molar-refractivity contribution in [2.45, 2.75) is 141 Å². The number of cyclic esters (lactones) is 1. The summed E-state index contributed by atoms with van der Waals surface area (Å²) in [5, 5.41) is 31.5. The zero-order valence-electron chi connectivity index (χ0n) is 38.7. The number of carbonyl (C=O) groups is 4. The van der Waals surface area contributed by atoms with Gasteiger partial charge in [-0.1, -0.05) is 63.2 Å². The van der Waals surface area contributed by atoms with Crippen molar-refractivity contribution in [3.05, 3.63) is 65.7 Å². The first-order valence-electron chi connectivity index (χ1n) is 22.4. The molecule has 0 radical (unpaired) electrons. The summed E-state index contributed by atoms with van der Waals surface area (Å²) in [6.07, 6.45) is -6.34. The predicted octanol–water partition coefficient (Wildman–Crippen LogP) is 4.78. The predicted molar refractivity (Wildman–Crippen MR) is 238 cm³/mol. The van der Waals surface area contributed by atoms with Crippen LogP contribution in [0.25, 0.3) is 0 Å². The lowest BCUT2D eigenvalue weighted by Gasteiger charge is -2.47. The number of ether oxygens (including phenoxy) is 5. The van der Waals surface area contributed by atoms with Crippen molar-refractivity contribution in [3.63, 3.8) is 0 Å². The molecule has 2 aromatic rings. The lowest BCUT2D eigenvalue weighted by Crippen LogP contribution is -2.60. The Hall–Kier alpha value is -4.42. The van der Waals surface area contributed by atoms with Crippen LogP contribution in [-0.2, 0) is 49.3 Å². The third kappa shape index (κ3) is 10.8. The molecule has 0 spiro atoms. The van der Waals surface area contributed by atoms with Gasteiger partial charge in [0.25, 0.3) is 11.8 Å². The van der Waals surface area contributed by atoms with E-state index in [0.29, 0.717) is 28.9 Å². The Morgan fingerprint density at radius 1 is 0.969 bits per heavy atom. The number of rotatable bonds is 8. The molecular formula is C48H66N4O12. The Kier molecular flexibility index (Phi) is 15.6. The number of esters is 1. The molecule has 1 unspecified atom stereocenters. The van der Waals surface area contributed by atoms with E-state index in [1.807, 2.05) is 51.0 Å². The molecule has 3 saturated heterocycles. The van der Waals surface area contributed by atoms with Crippen LogP contribution in [0.2, 0.25) is 0 Å². The Bertz CT molecular complexity index is 2040. The van der Waals surface area contributed by atoms with Crippen molar-refractivity contribution < 1.29 is 57.9 Å². The van der Waals surface area contributed by atoms with Crippen molar-refractivity contribution in [3.8, 4) is 0 Å². The van der Waals surface area contributed by atoms with E-state index in [-0.39, 0.29) is 56.2 Å². The van der Waals surface area contributed by atoms with Crippen molar-refractivity contribution in [2.24, 2.45) is 33.8 Å². The molecule has 4 aliphatic rings. The summed E-state index contributed by atoms with van der Waals surface area (Å²) < 4.78 is 32.5. The molecule has 16 heteroatoms. The fourth-order valence-corrected chi connectivity index (χ4v) is 9.66. The normalized spacial score (nSPS) is 37.5. The number of amides is 2. The maximum Gasteiger partial charge on any atom is 0.316 e. The minimum atomic E-state index is -1.86. The number of aliphatic hydroxyl groups excluding tert-OH is 1. The molecule has 6 rings (SSSR count). The van der Waals surface area contributed by atoms with Gasteiger partial charge in [-0.3, -0.25) is 19.2 Å². The molecular weight excluding hydrogens is 825 g/mol. The standard InChI is InChI=1S/C48H66N4O12/c1-11-37-48(8,58)42-28(4)38-26(2)23-47(7,41(29(5)39(53)30(6)45(57)62-37)63-46-40(54)35(52(9)10)21-27(3)61-46)60-25-34(24-59-42)51-64-36(44(56)50-38)22-31-17-19-32(20-18-31)43(55)49-33-15-13-12-14-16-33/h12-20,26-30,35-37,40-42,46,54,58H,11,21-25H2,1-10H3,(H,49,55)/b50-38?,51-34-/t26-,27-,28+,29+,30-,35+,36?,37-,40-,41-,42-,46+,47-,48-/m1/s1. The molecule has 0 saturated carbocycles. The van der Waals surface area contributed by atoms with Gasteiger partial charge in [0.2, 0.25) is 6.10 Å². The van der Waals surface area contributed by atoms with Crippen LogP contribution in [0.15, 0.2) is 64.7 Å². The monoisotopic (exact) mass is 890 g/mol. The number of carbonyl (C=O) groups excluding carboxylic acids is 4. The molecule has 350 valence electrons. The number of hydrogen-bond donors (Lipinski definition) is 3. The number of aliphatic imine (C=N–C) groups is 1. The lowest BCUT2D eigenvalue weighted by atomic mass is 9.73. The number of fused-ring (bicyclic) bond motifs is 4. The molecule has 0 aliphatic carbocycles. The second kappa shape index (κ2) is 20.4. The Morgan fingerprint density at radius 2 is 1.66 bits per heavy atom. The Labute approximate surface area is 376 Å². The zero-order chi connectivity index (χ0) is 46.7. The summed E-state index contributed by atoms with van der Waals surface area (Å²) in [5.41, 5.74) is -0.948. The first-order valence-corrected chi connectivity index (χ1v) is 22.4. The van der Waals surface area contributed by atoms with Crippen molar-refractivity contribution in [2.75, 3.05) is 32.6 Å². The van der Waals surface area contributed by atoms with E-state index in [1.54, 1.807) is 64.1 Å². The topological polar surface area (TPSA) is 204 Å². The third-order valence-electron chi connectivity index (χ3n) is 13.3. The lowest BCUT2D eigenvalue weighted by molar-refractivity contribution is -0.296. The van der Waals surface area contributed by atoms with Gasteiger partial charge in [0.1, 0.15) is 29.4 Å². The van der Waals surface area contributed by atoms with Crippen molar-refractivity contribution in [1.29, 1.82) is 0 Å². The number of hydrogen-bond acceptors (Lipinski definition) is 14. The van der Waals surface area contributed by atoms with Gasteiger partial charge in [-0.25, -0.2) is 4.99 Å². The number of nitrogens with one attached hydrogen (secondary N) is 1. The minimum Gasteiger partial charge on any atom is -0.459 e. The SMILES string of the molecule is CC[C@H]1OC(=O)[C@H](C)C(=O)[C@H](C)[C@@H](O[C@@H]2O[C@H](C)C[C@H](N(C)C)[C@H]2O)[C@@]2(C)C[C@@H](C)C3=NC(=O)C(Cc4ccc(C(=O)Nc5ccccc5)cc4)O/N=C(/CO[C@H]([C@H]3C)[C@]1(C)O)CO2. The highest BCUT2D eigenvalue weighted by Gasteiger charge is 2.53. The summed E-state index contributed by atoms with van der Waals surface area (Å²) in [5.74, 6) is -5.93. The smallest absolute Gasteiger partial charge is 0.316 e. The van der Waals surface area contributed by atoms with Gasteiger partial charge < -0.3 is 49.0 Å². The van der Waals surface area contributed by atoms with Crippen LogP contribution in [0.3, 0.4) is 0 Å². The second-order valence-electron chi connectivity index (χ2n) is 18.7. The maximum atomic E-state index is 14.5. The van der Waals surface area contributed by atoms with Crippen molar-refractivity contribution >= 4 is 40.7 Å². The molecule has 3 fully saturated rings. The van der Waals surface area contributed by atoms with Gasteiger partial charge in [-0.15, -0.1) is 0 Å². The van der Waals surface area contributed by atoms with Gasteiger partial charge in [0.05, 0.1) is 37.1 Å². The summed E-state index contributed by atoms with van der Waals surface area (Å²) in [7, 11) is 3.72. The molecule has 64 heavy (non-hydrogen) atoms. The van der Waals surface area contributed by atoms with E-state index < -0.39 is 89.3 Å². The summed E-state index contributed by atoms with van der Waals surface area (Å²) in [6.45, 7) is 13.3. The molecule has 2 aromatic carbocycles. The number of likely N-dealkylation sites (N-methyl/N-ethyl adjacent to an activating group) is 1. The van der Waals surface area contributed by atoms with E-state index >= 15 is 0 Å². The fraction of sp³-hybridized carbons (Fsp3) is 0.625. The molecule has 0 aromatic heterocycles. The first-order chi connectivity index (χ1) is 30.2. The number of Topliss-reactive ketones (excluding diaryl/α,β-unsaturated/α-hetero) is 1. The number of ketones is 1. The summed E-state index contributed by atoms with van der Waals surface area (Å²) in [6, 6.07) is 15.6. The Balaban J connectivity index is 1.43. The van der Waals surface area contributed by atoms with Crippen LogP contribution in [0.1, 0.15) is 90.6 Å². The number of oxime groups is 1. The number of para-hydroxylation sites is 1. The highest BCUT2D eigenvalue weighted by atomic mass is 16.7. The van der Waals surface area contributed by atoms with E-state index in [0.717, 1.165) is 0 Å². The van der Waals surface area contributed by atoms with Gasteiger partial charge in [-0.05, 0) is 96.8 Å². The van der Waals surface area contributed by atoms with Crippen LogP contribution in [0.4, 0.5) is 5.69 Å². The van der Waals surface area contributed by atoms with Gasteiger partial charge in [0, 0.05) is 41.3 Å². The minimum absolute atomic E-state index is 0.0496.